The van der Waals surface area contributed by atoms with Crippen molar-refractivity contribution in [3.63, 3.8) is 0 Å². The number of hydrogen-bond donors (Lipinski definition) is 0. The molecule has 90 valence electrons. The minimum atomic E-state index is -3.42. The lowest BCUT2D eigenvalue weighted by molar-refractivity contribution is 0.606. The van der Waals surface area contributed by atoms with Gasteiger partial charge in [0.05, 0.1) is 9.80 Å². The van der Waals surface area contributed by atoms with Crippen LogP contribution in [-0.2, 0) is 9.84 Å². The molecule has 0 fully saturated rings. The number of hydrogen-bond acceptors (Lipinski definition) is 2. The Bertz CT molecular complexity index is 746. The summed E-state index contributed by atoms with van der Waals surface area (Å²) < 4.78 is 25.7. The Hall–Kier alpha value is -1.39. The fourth-order valence-corrected chi connectivity index (χ4v) is 5.18. The van der Waals surface area contributed by atoms with E-state index in [1.807, 2.05) is 30.3 Å². The SMILES string of the molecule is O=S1(=O)C(c2ccccc2)=C(Br)c2ccccc21. The molecule has 2 nitrogen and oxygen atoms in total. The van der Waals surface area contributed by atoms with Gasteiger partial charge in [0.1, 0.15) is 0 Å². The van der Waals surface area contributed by atoms with Gasteiger partial charge in [-0.3, -0.25) is 0 Å². The number of fused-ring (bicyclic) bond motifs is 1. The standard InChI is InChI=1S/C14H9BrO2S/c15-13-11-8-4-5-9-12(11)18(16,17)14(13)10-6-2-1-3-7-10/h1-9H. The van der Waals surface area contributed by atoms with Crippen LogP contribution in [0.2, 0.25) is 0 Å². The van der Waals surface area contributed by atoms with Crippen LogP contribution in [0.15, 0.2) is 59.5 Å². The maximum atomic E-state index is 12.5. The molecule has 18 heavy (non-hydrogen) atoms. The predicted octanol–water partition coefficient (Wildman–Crippen LogP) is 3.69. The third kappa shape index (κ3) is 1.56. The Morgan fingerprint density at radius 1 is 0.833 bits per heavy atom. The quantitative estimate of drug-likeness (QED) is 0.803. The van der Waals surface area contributed by atoms with Crippen molar-refractivity contribution in [1.29, 1.82) is 0 Å². The number of benzene rings is 2. The molecule has 2 aromatic carbocycles. The zero-order chi connectivity index (χ0) is 12.8. The van der Waals surface area contributed by atoms with Crippen molar-refractivity contribution >= 4 is 35.2 Å². The summed E-state index contributed by atoms with van der Waals surface area (Å²) in [6, 6.07) is 16.2. The number of sulfone groups is 1. The molecule has 0 saturated carbocycles. The van der Waals surface area contributed by atoms with Crippen molar-refractivity contribution in [2.24, 2.45) is 0 Å². The van der Waals surface area contributed by atoms with Gasteiger partial charge in [-0.05, 0) is 27.6 Å². The van der Waals surface area contributed by atoms with Crippen molar-refractivity contribution in [3.05, 3.63) is 65.7 Å². The lowest BCUT2D eigenvalue weighted by atomic mass is 10.1. The van der Waals surface area contributed by atoms with Crippen molar-refractivity contribution < 1.29 is 8.42 Å². The van der Waals surface area contributed by atoms with Crippen LogP contribution in [0.4, 0.5) is 0 Å². The molecule has 2 aromatic rings. The lowest BCUT2D eigenvalue weighted by Gasteiger charge is -2.03. The average molecular weight is 321 g/mol. The van der Waals surface area contributed by atoms with Gasteiger partial charge in [0, 0.05) is 10.0 Å². The van der Waals surface area contributed by atoms with Crippen LogP contribution >= 0.6 is 15.9 Å². The zero-order valence-corrected chi connectivity index (χ0v) is 11.7. The molecule has 0 aromatic heterocycles. The summed E-state index contributed by atoms with van der Waals surface area (Å²) in [5.74, 6) is 0. The smallest absolute Gasteiger partial charge is 0.208 e. The van der Waals surface area contributed by atoms with E-state index < -0.39 is 9.84 Å². The maximum Gasteiger partial charge on any atom is 0.208 e. The molecule has 3 rings (SSSR count). The molecule has 1 heterocycles. The fraction of sp³-hybridized carbons (Fsp3) is 0. The molecule has 0 N–H and O–H groups in total. The second-order valence-electron chi connectivity index (χ2n) is 4.01. The minimum absolute atomic E-state index is 0.351. The van der Waals surface area contributed by atoms with E-state index in [1.54, 1.807) is 24.3 Å². The monoisotopic (exact) mass is 320 g/mol. The normalized spacial score (nSPS) is 16.7. The van der Waals surface area contributed by atoms with Crippen molar-refractivity contribution in [2.75, 3.05) is 0 Å². The number of halogens is 1. The molecule has 1 aliphatic rings. The summed E-state index contributed by atoms with van der Waals surface area (Å²) in [6.45, 7) is 0. The summed E-state index contributed by atoms with van der Waals surface area (Å²) in [4.78, 5) is 0.722. The van der Waals surface area contributed by atoms with Crippen LogP contribution in [0.25, 0.3) is 9.39 Å². The lowest BCUT2D eigenvalue weighted by Crippen LogP contribution is -1.99. The highest BCUT2D eigenvalue weighted by atomic mass is 79.9. The number of rotatable bonds is 1. The Balaban J connectivity index is 2.34. The van der Waals surface area contributed by atoms with E-state index >= 15 is 0 Å². The van der Waals surface area contributed by atoms with Gasteiger partial charge >= 0.3 is 0 Å². The van der Waals surface area contributed by atoms with Gasteiger partial charge in [-0.1, -0.05) is 48.5 Å². The minimum Gasteiger partial charge on any atom is -0.218 e. The van der Waals surface area contributed by atoms with E-state index in [1.165, 1.54) is 0 Å². The highest BCUT2D eigenvalue weighted by Gasteiger charge is 2.34. The van der Waals surface area contributed by atoms with Crippen LogP contribution < -0.4 is 0 Å². The van der Waals surface area contributed by atoms with Gasteiger partial charge in [0.2, 0.25) is 9.84 Å². The van der Waals surface area contributed by atoms with Crippen LogP contribution in [0.5, 0.6) is 0 Å². The largest absolute Gasteiger partial charge is 0.218 e. The molecule has 0 amide bonds. The van der Waals surface area contributed by atoms with Gasteiger partial charge in [0.15, 0.2) is 0 Å². The highest BCUT2D eigenvalue weighted by Crippen LogP contribution is 2.46. The van der Waals surface area contributed by atoms with E-state index in [-0.39, 0.29) is 0 Å². The molecule has 0 atom stereocenters. The summed E-state index contributed by atoms with van der Waals surface area (Å²) in [5.41, 5.74) is 1.44. The molecule has 1 aliphatic heterocycles. The molecule has 0 radical (unpaired) electrons. The van der Waals surface area contributed by atoms with Gasteiger partial charge in [0.25, 0.3) is 0 Å². The van der Waals surface area contributed by atoms with Crippen LogP contribution in [0.1, 0.15) is 11.1 Å². The van der Waals surface area contributed by atoms with E-state index in [2.05, 4.69) is 15.9 Å². The summed E-state index contributed by atoms with van der Waals surface area (Å²) in [6.07, 6.45) is 0. The Labute approximate surface area is 114 Å². The molecular formula is C14H9BrO2S. The molecule has 0 saturated heterocycles. The van der Waals surface area contributed by atoms with Gasteiger partial charge in [-0.15, -0.1) is 0 Å². The van der Waals surface area contributed by atoms with Crippen LogP contribution in [0.3, 0.4) is 0 Å². The molecule has 0 spiro atoms. The fourth-order valence-electron chi connectivity index (χ4n) is 2.10. The third-order valence-electron chi connectivity index (χ3n) is 2.92. The summed E-state index contributed by atoms with van der Waals surface area (Å²) in [7, 11) is -3.42. The first kappa shape index (κ1) is 11.7. The molecule has 0 unspecified atom stereocenters. The van der Waals surface area contributed by atoms with Gasteiger partial charge < -0.3 is 0 Å². The first-order valence-corrected chi connectivity index (χ1v) is 7.69. The highest BCUT2D eigenvalue weighted by molar-refractivity contribution is 9.15. The molecule has 0 aliphatic carbocycles. The predicted molar refractivity (Wildman–Crippen MR) is 75.8 cm³/mol. The van der Waals surface area contributed by atoms with Gasteiger partial charge in [-0.2, -0.15) is 0 Å². The molecule has 4 heteroatoms. The first-order valence-electron chi connectivity index (χ1n) is 5.42. The average Bonchev–Trinajstić information content (AvgIpc) is 2.59. The van der Waals surface area contributed by atoms with Gasteiger partial charge in [-0.25, -0.2) is 8.42 Å². The maximum absolute atomic E-state index is 12.5. The Morgan fingerprint density at radius 3 is 2.11 bits per heavy atom. The summed E-state index contributed by atoms with van der Waals surface area (Å²) in [5, 5.41) is 0. The van der Waals surface area contributed by atoms with E-state index in [0.29, 0.717) is 19.8 Å². The van der Waals surface area contributed by atoms with E-state index in [0.717, 1.165) is 5.56 Å². The second-order valence-corrected chi connectivity index (χ2v) is 6.66. The van der Waals surface area contributed by atoms with Crippen molar-refractivity contribution in [3.8, 4) is 0 Å². The van der Waals surface area contributed by atoms with Crippen LogP contribution in [0, 0.1) is 0 Å². The van der Waals surface area contributed by atoms with E-state index in [4.69, 9.17) is 0 Å². The molecular weight excluding hydrogens is 312 g/mol. The Kier molecular flexibility index (Phi) is 2.64. The Morgan fingerprint density at radius 2 is 1.44 bits per heavy atom. The van der Waals surface area contributed by atoms with E-state index in [9.17, 15) is 8.42 Å². The van der Waals surface area contributed by atoms with Crippen LogP contribution in [-0.4, -0.2) is 8.42 Å². The van der Waals surface area contributed by atoms with Crippen molar-refractivity contribution in [1.82, 2.24) is 0 Å². The van der Waals surface area contributed by atoms with Crippen molar-refractivity contribution in [2.45, 2.75) is 4.90 Å². The summed E-state index contributed by atoms with van der Waals surface area (Å²) >= 11 is 3.42. The molecule has 0 bridgehead atoms. The topological polar surface area (TPSA) is 34.1 Å². The second kappa shape index (κ2) is 4.07. The zero-order valence-electron chi connectivity index (χ0n) is 9.30. The third-order valence-corrected chi connectivity index (χ3v) is 5.92. The first-order chi connectivity index (χ1) is 8.62.